The Morgan fingerprint density at radius 1 is 0.977 bits per heavy atom. The Morgan fingerprint density at radius 2 is 1.73 bits per heavy atom. The summed E-state index contributed by atoms with van der Waals surface area (Å²) < 4.78 is 36.2. The normalized spacial score (nSPS) is 16.0. The van der Waals surface area contributed by atoms with Gasteiger partial charge in [0.1, 0.15) is 11.9 Å². The molecule has 228 valence electrons. The van der Waals surface area contributed by atoms with Crippen molar-refractivity contribution in [1.82, 2.24) is 19.8 Å². The monoisotopic (exact) mass is 619 g/mol. The number of imide groups is 1. The number of hydrogen-bond acceptors (Lipinski definition) is 7. The lowest BCUT2D eigenvalue weighted by atomic mass is 10.1. The maximum Gasteiger partial charge on any atom is 0.327 e. The maximum atomic E-state index is 15.0. The number of carbonyl (C=O) groups excluding carboxylic acids is 2. The van der Waals surface area contributed by atoms with Gasteiger partial charge >= 0.3 is 12.1 Å². The molecule has 2 aromatic carbocycles. The van der Waals surface area contributed by atoms with Gasteiger partial charge < -0.3 is 24.8 Å². The summed E-state index contributed by atoms with van der Waals surface area (Å²) in [7, 11) is 0. The van der Waals surface area contributed by atoms with Gasteiger partial charge in [-0.25, -0.2) is 23.4 Å². The number of nitrogens with one attached hydrogen (secondary N) is 3. The van der Waals surface area contributed by atoms with Crippen LogP contribution < -0.4 is 20.7 Å². The molecule has 2 aliphatic rings. The lowest BCUT2D eigenvalue weighted by Crippen LogP contribution is -2.37. The zero-order valence-electron chi connectivity index (χ0n) is 23.8. The van der Waals surface area contributed by atoms with E-state index in [2.05, 4.69) is 41.6 Å². The fourth-order valence-corrected chi connectivity index (χ4v) is 6.30. The van der Waals surface area contributed by atoms with Crippen molar-refractivity contribution in [2.24, 2.45) is 4.99 Å². The zero-order chi connectivity index (χ0) is 30.5. The van der Waals surface area contributed by atoms with E-state index in [0.717, 1.165) is 46.7 Å². The molecule has 1 atom stereocenters. The van der Waals surface area contributed by atoms with Crippen molar-refractivity contribution in [3.8, 4) is 16.3 Å². The Kier molecular flexibility index (Phi) is 8.94. The minimum Gasteiger partial charge on any atom is -0.481 e. The average molecular weight is 620 g/mol. The molecule has 0 radical (unpaired) electrons. The molecule has 6 rings (SSSR count). The van der Waals surface area contributed by atoms with Crippen LogP contribution >= 0.6 is 11.3 Å². The molecule has 4 amide bonds. The lowest BCUT2D eigenvalue weighted by Gasteiger charge is -2.20. The third-order valence-electron chi connectivity index (χ3n) is 7.35. The smallest absolute Gasteiger partial charge is 0.327 e. The number of halogens is 2. The number of thiophene rings is 1. The molecule has 1 saturated heterocycles. The number of rotatable bonds is 9. The SMILES string of the molecule is O=C(NC(=O)Nc1ccc(OC2CC=Nc3cc(-c4cn(CCCN5CCCC5)cn4)sc32)c(F)c1)Nc1ccc(F)cc1. The lowest BCUT2D eigenvalue weighted by molar-refractivity contribution is 0.208. The number of aryl methyl sites for hydroxylation is 1. The molecule has 1 unspecified atom stereocenters. The average Bonchev–Trinajstić information content (AvgIpc) is 3.77. The van der Waals surface area contributed by atoms with Crippen LogP contribution in [0.4, 0.5) is 35.4 Å². The molecule has 4 heterocycles. The molecular weight excluding hydrogens is 588 g/mol. The van der Waals surface area contributed by atoms with Crippen molar-refractivity contribution in [2.75, 3.05) is 30.3 Å². The van der Waals surface area contributed by atoms with Gasteiger partial charge in [0.05, 0.1) is 27.5 Å². The second kappa shape index (κ2) is 13.3. The summed E-state index contributed by atoms with van der Waals surface area (Å²) in [5.74, 6) is -1.11. The molecule has 2 aromatic heterocycles. The Morgan fingerprint density at radius 3 is 2.50 bits per heavy atom. The zero-order valence-corrected chi connectivity index (χ0v) is 24.6. The molecular formula is C31H31F2N7O3S. The maximum absolute atomic E-state index is 15.0. The molecule has 44 heavy (non-hydrogen) atoms. The highest BCUT2D eigenvalue weighted by Crippen LogP contribution is 2.44. The number of carbonyl (C=O) groups is 2. The summed E-state index contributed by atoms with van der Waals surface area (Å²) in [5, 5.41) is 6.88. The second-order valence-electron chi connectivity index (χ2n) is 10.6. The highest BCUT2D eigenvalue weighted by atomic mass is 32.1. The number of ether oxygens (including phenoxy) is 1. The molecule has 3 N–H and O–H groups in total. The summed E-state index contributed by atoms with van der Waals surface area (Å²) in [6.07, 6.45) is 9.38. The molecule has 1 fully saturated rings. The first kappa shape index (κ1) is 29.5. The standard InChI is InChI=1S/C31H31F2N7O3S/c32-20-4-6-21(7-5-20)36-30(41)38-31(42)37-22-8-9-26(23(33)16-22)43-27-10-11-34-24-17-28(44-29(24)27)25-18-40(19-35-25)15-3-14-39-12-1-2-13-39/h4-9,11,16-19,27H,1-3,10,12-15H2,(H3,36,37,38,41,42). The van der Waals surface area contributed by atoms with Gasteiger partial charge in [-0.2, -0.15) is 0 Å². The summed E-state index contributed by atoms with van der Waals surface area (Å²) in [6, 6.07) is 9.35. The highest BCUT2D eigenvalue weighted by molar-refractivity contribution is 7.16. The minimum absolute atomic E-state index is 0.0218. The van der Waals surface area contributed by atoms with E-state index in [1.54, 1.807) is 6.21 Å². The third-order valence-corrected chi connectivity index (χ3v) is 8.58. The summed E-state index contributed by atoms with van der Waals surface area (Å²) in [6.45, 7) is 4.41. The highest BCUT2D eigenvalue weighted by Gasteiger charge is 2.25. The van der Waals surface area contributed by atoms with Crippen LogP contribution in [0.5, 0.6) is 5.75 Å². The molecule has 13 heteroatoms. The predicted molar refractivity (Wildman–Crippen MR) is 166 cm³/mol. The van der Waals surface area contributed by atoms with E-state index < -0.39 is 29.8 Å². The van der Waals surface area contributed by atoms with Crippen molar-refractivity contribution < 1.29 is 23.1 Å². The van der Waals surface area contributed by atoms with Crippen LogP contribution in [-0.2, 0) is 6.54 Å². The van der Waals surface area contributed by atoms with E-state index in [4.69, 9.17) is 4.74 Å². The summed E-state index contributed by atoms with van der Waals surface area (Å²) in [4.78, 5) is 37.8. The van der Waals surface area contributed by atoms with Gasteiger partial charge in [0, 0.05) is 42.8 Å². The van der Waals surface area contributed by atoms with Gasteiger partial charge in [0.15, 0.2) is 11.6 Å². The van der Waals surface area contributed by atoms with Crippen LogP contribution in [0, 0.1) is 11.6 Å². The van der Waals surface area contributed by atoms with Crippen molar-refractivity contribution >= 4 is 46.7 Å². The summed E-state index contributed by atoms with van der Waals surface area (Å²) >= 11 is 1.53. The predicted octanol–water partition coefficient (Wildman–Crippen LogP) is 6.96. The molecule has 0 saturated carbocycles. The van der Waals surface area contributed by atoms with E-state index in [0.29, 0.717) is 12.1 Å². The van der Waals surface area contributed by atoms with Crippen LogP contribution in [0.2, 0.25) is 0 Å². The molecule has 0 aliphatic carbocycles. The Labute approximate surface area is 256 Å². The quantitative estimate of drug-likeness (QED) is 0.188. The Balaban J connectivity index is 1.04. The molecule has 0 spiro atoms. The van der Waals surface area contributed by atoms with E-state index in [1.165, 1.54) is 73.7 Å². The van der Waals surface area contributed by atoms with Gasteiger partial charge in [0.25, 0.3) is 0 Å². The largest absolute Gasteiger partial charge is 0.481 e. The number of hydrogen-bond donors (Lipinski definition) is 3. The number of nitrogens with zero attached hydrogens (tertiary/aromatic N) is 4. The van der Waals surface area contributed by atoms with Gasteiger partial charge in [-0.05, 0) is 81.4 Å². The number of imidazole rings is 1. The number of likely N-dealkylation sites (tertiary alicyclic amines) is 1. The van der Waals surface area contributed by atoms with Crippen LogP contribution in [-0.4, -0.2) is 52.4 Å². The van der Waals surface area contributed by atoms with E-state index in [-0.39, 0.29) is 11.4 Å². The van der Waals surface area contributed by atoms with Crippen molar-refractivity contribution in [1.29, 1.82) is 0 Å². The Hall–Kier alpha value is -4.62. The Bertz CT molecular complexity index is 1660. The van der Waals surface area contributed by atoms with Gasteiger partial charge in [-0.1, -0.05) is 0 Å². The number of amides is 4. The van der Waals surface area contributed by atoms with Crippen molar-refractivity contribution in [3.63, 3.8) is 0 Å². The summed E-state index contributed by atoms with van der Waals surface area (Å²) in [5.41, 5.74) is 2.07. The third kappa shape index (κ3) is 7.29. The van der Waals surface area contributed by atoms with E-state index >= 15 is 4.39 Å². The number of benzene rings is 2. The number of aromatic nitrogens is 2. The van der Waals surface area contributed by atoms with Gasteiger partial charge in [0.2, 0.25) is 0 Å². The first-order chi connectivity index (χ1) is 21.4. The van der Waals surface area contributed by atoms with Gasteiger partial charge in [-0.3, -0.25) is 10.3 Å². The first-order valence-corrected chi connectivity index (χ1v) is 15.2. The minimum atomic E-state index is -0.869. The number of aliphatic imine (C=N–C) groups is 1. The van der Waals surface area contributed by atoms with E-state index in [9.17, 15) is 14.0 Å². The fourth-order valence-electron chi connectivity index (χ4n) is 5.19. The van der Waals surface area contributed by atoms with Crippen molar-refractivity contribution in [3.05, 3.63) is 77.6 Å². The molecule has 0 bridgehead atoms. The molecule has 4 aromatic rings. The number of anilines is 2. The molecule has 10 nitrogen and oxygen atoms in total. The fraction of sp³-hybridized carbons (Fsp3) is 0.290. The first-order valence-electron chi connectivity index (χ1n) is 14.4. The number of fused-ring (bicyclic) bond motifs is 1. The molecule has 2 aliphatic heterocycles. The topological polar surface area (TPSA) is 113 Å². The van der Waals surface area contributed by atoms with Crippen LogP contribution in [0.1, 0.15) is 36.7 Å². The van der Waals surface area contributed by atoms with Crippen LogP contribution in [0.25, 0.3) is 10.6 Å². The van der Waals surface area contributed by atoms with E-state index in [1.807, 2.05) is 12.4 Å². The second-order valence-corrected chi connectivity index (χ2v) is 11.7. The van der Waals surface area contributed by atoms with Crippen LogP contribution in [0.3, 0.4) is 0 Å². The van der Waals surface area contributed by atoms with Crippen molar-refractivity contribution in [2.45, 2.75) is 38.3 Å². The van der Waals surface area contributed by atoms with Gasteiger partial charge in [-0.15, -0.1) is 11.3 Å². The number of urea groups is 2. The van der Waals surface area contributed by atoms with Crippen LogP contribution in [0.15, 0.2) is 66.0 Å².